The van der Waals surface area contributed by atoms with Crippen molar-refractivity contribution in [2.45, 2.75) is 5.37 Å². The molecule has 2 aromatic rings. The fraction of sp³-hybridized carbons (Fsp3) is 0.200. The molecule has 21 heavy (non-hydrogen) atoms. The molecular formula is C15H13FN2O2S. The van der Waals surface area contributed by atoms with E-state index in [1.807, 2.05) is 0 Å². The number of carbonyl (C=O) groups excluding carboxylic acids is 1. The van der Waals surface area contributed by atoms with Crippen LogP contribution >= 0.6 is 11.8 Å². The van der Waals surface area contributed by atoms with Gasteiger partial charge in [0.1, 0.15) is 11.2 Å². The molecule has 0 bridgehead atoms. The number of amides is 1. The topological polar surface area (TPSA) is 42.4 Å². The lowest BCUT2D eigenvalue weighted by Gasteiger charge is -2.24. The van der Waals surface area contributed by atoms with Gasteiger partial charge in [0.25, 0.3) is 0 Å². The summed E-state index contributed by atoms with van der Waals surface area (Å²) in [6.07, 6.45) is 1.61. The van der Waals surface area contributed by atoms with Gasteiger partial charge in [0.05, 0.1) is 24.7 Å². The highest BCUT2D eigenvalue weighted by Gasteiger charge is 2.34. The molecule has 0 N–H and O–H groups in total. The van der Waals surface area contributed by atoms with Gasteiger partial charge in [-0.25, -0.2) is 9.37 Å². The maximum absolute atomic E-state index is 13.0. The van der Waals surface area contributed by atoms with E-state index in [-0.39, 0.29) is 17.1 Å². The normalized spacial score (nSPS) is 18.1. The molecule has 1 aromatic heterocycles. The molecule has 0 saturated carbocycles. The number of nitrogens with zero attached hydrogens (tertiary/aromatic N) is 2. The van der Waals surface area contributed by atoms with Crippen molar-refractivity contribution < 1.29 is 13.9 Å². The summed E-state index contributed by atoms with van der Waals surface area (Å²) >= 11 is 1.52. The molecule has 1 saturated heterocycles. The highest BCUT2D eigenvalue weighted by Crippen LogP contribution is 2.41. The molecule has 1 unspecified atom stereocenters. The first-order valence-electron chi connectivity index (χ1n) is 6.38. The van der Waals surface area contributed by atoms with Gasteiger partial charge in [-0.2, -0.15) is 0 Å². The maximum atomic E-state index is 13.0. The number of aromatic nitrogens is 1. The summed E-state index contributed by atoms with van der Waals surface area (Å²) in [6, 6.07) is 9.73. The van der Waals surface area contributed by atoms with Gasteiger partial charge >= 0.3 is 0 Å². The number of thioether (sulfide) groups is 1. The number of halogens is 1. The smallest absolute Gasteiger partial charge is 0.238 e. The Hall–Kier alpha value is -2.08. The van der Waals surface area contributed by atoms with E-state index in [0.29, 0.717) is 17.3 Å². The predicted octanol–water partition coefficient (Wildman–Crippen LogP) is 3.01. The van der Waals surface area contributed by atoms with E-state index in [4.69, 9.17) is 4.74 Å². The number of benzene rings is 1. The van der Waals surface area contributed by atoms with Crippen LogP contribution in [0.25, 0.3) is 0 Å². The number of pyridine rings is 1. The zero-order valence-corrected chi connectivity index (χ0v) is 12.1. The van der Waals surface area contributed by atoms with Crippen LogP contribution in [0, 0.1) is 5.82 Å². The van der Waals surface area contributed by atoms with Gasteiger partial charge in [0, 0.05) is 6.07 Å². The molecule has 1 aromatic carbocycles. The number of anilines is 1. The minimum atomic E-state index is -0.286. The van der Waals surface area contributed by atoms with Crippen LogP contribution < -0.4 is 9.64 Å². The molecule has 1 atom stereocenters. The van der Waals surface area contributed by atoms with Crippen molar-refractivity contribution in [3.63, 3.8) is 0 Å². The third-order valence-corrected chi connectivity index (χ3v) is 4.44. The van der Waals surface area contributed by atoms with Gasteiger partial charge in [0.15, 0.2) is 0 Å². The lowest BCUT2D eigenvalue weighted by molar-refractivity contribution is -0.115. The highest BCUT2D eigenvalue weighted by molar-refractivity contribution is 8.00. The van der Waals surface area contributed by atoms with Gasteiger partial charge < -0.3 is 4.74 Å². The summed E-state index contributed by atoms with van der Waals surface area (Å²) in [5.41, 5.74) is 1.60. The van der Waals surface area contributed by atoms with Crippen molar-refractivity contribution in [3.8, 4) is 5.88 Å². The quantitative estimate of drug-likeness (QED) is 0.874. The molecule has 1 aliphatic rings. The Morgan fingerprint density at radius 3 is 2.67 bits per heavy atom. The van der Waals surface area contributed by atoms with E-state index >= 15 is 0 Å². The third-order valence-electron chi connectivity index (χ3n) is 3.23. The van der Waals surface area contributed by atoms with E-state index in [1.165, 1.54) is 23.9 Å². The van der Waals surface area contributed by atoms with Gasteiger partial charge in [-0.15, -0.1) is 11.8 Å². The lowest BCUT2D eigenvalue weighted by Crippen LogP contribution is -2.27. The average molecular weight is 304 g/mol. The van der Waals surface area contributed by atoms with E-state index in [9.17, 15) is 9.18 Å². The molecule has 2 heterocycles. The number of methoxy groups -OCH3 is 1. The van der Waals surface area contributed by atoms with Crippen LogP contribution in [0.1, 0.15) is 10.9 Å². The van der Waals surface area contributed by atoms with E-state index in [0.717, 1.165) is 5.56 Å². The number of ether oxygens (including phenoxy) is 1. The first-order valence-corrected chi connectivity index (χ1v) is 7.43. The minimum Gasteiger partial charge on any atom is -0.481 e. The van der Waals surface area contributed by atoms with Crippen LogP contribution in [0.3, 0.4) is 0 Å². The summed E-state index contributed by atoms with van der Waals surface area (Å²) in [5.74, 6) is 0.622. The highest BCUT2D eigenvalue weighted by atomic mass is 32.2. The zero-order valence-electron chi connectivity index (χ0n) is 11.3. The summed E-state index contributed by atoms with van der Waals surface area (Å²) in [6.45, 7) is 0. The lowest BCUT2D eigenvalue weighted by atomic mass is 10.2. The molecule has 108 valence electrons. The summed E-state index contributed by atoms with van der Waals surface area (Å²) in [4.78, 5) is 18.0. The second kappa shape index (κ2) is 5.73. The van der Waals surface area contributed by atoms with Crippen LogP contribution in [0.2, 0.25) is 0 Å². The molecule has 6 heteroatoms. The van der Waals surface area contributed by atoms with Crippen LogP contribution in [0.5, 0.6) is 5.88 Å². The molecular weight excluding hydrogens is 291 g/mol. The van der Waals surface area contributed by atoms with Crippen molar-refractivity contribution in [3.05, 3.63) is 54.0 Å². The third kappa shape index (κ3) is 2.71. The monoisotopic (exact) mass is 304 g/mol. The Morgan fingerprint density at radius 1 is 1.29 bits per heavy atom. The second-order valence-corrected chi connectivity index (χ2v) is 5.61. The number of carbonyl (C=O) groups is 1. The van der Waals surface area contributed by atoms with Crippen molar-refractivity contribution in [2.24, 2.45) is 0 Å². The SMILES string of the molecule is COc1ccc(N2C(=O)CSC2c2ccc(F)cc2)cn1. The van der Waals surface area contributed by atoms with Crippen LogP contribution in [0.15, 0.2) is 42.6 Å². The Kier molecular flexibility index (Phi) is 3.79. The van der Waals surface area contributed by atoms with E-state index < -0.39 is 0 Å². The maximum Gasteiger partial charge on any atom is 0.238 e. The van der Waals surface area contributed by atoms with E-state index in [2.05, 4.69) is 4.98 Å². The minimum absolute atomic E-state index is 0.0151. The van der Waals surface area contributed by atoms with Crippen molar-refractivity contribution in [1.82, 2.24) is 4.98 Å². The van der Waals surface area contributed by atoms with Crippen LogP contribution in [-0.2, 0) is 4.79 Å². The standard InChI is InChI=1S/C15H13FN2O2S/c1-20-13-7-6-12(8-17-13)18-14(19)9-21-15(18)10-2-4-11(16)5-3-10/h2-8,15H,9H2,1H3. The number of rotatable bonds is 3. The largest absolute Gasteiger partial charge is 0.481 e. The fourth-order valence-electron chi connectivity index (χ4n) is 2.21. The number of hydrogen-bond donors (Lipinski definition) is 0. The molecule has 1 fully saturated rings. The summed E-state index contributed by atoms with van der Waals surface area (Å²) < 4.78 is 18.1. The van der Waals surface area contributed by atoms with Gasteiger partial charge in [-0.1, -0.05) is 12.1 Å². The average Bonchev–Trinajstić information content (AvgIpc) is 2.90. The molecule has 0 radical (unpaired) electrons. The van der Waals surface area contributed by atoms with Crippen molar-refractivity contribution in [1.29, 1.82) is 0 Å². The first-order chi connectivity index (χ1) is 10.2. The molecule has 1 amide bonds. The second-order valence-electron chi connectivity index (χ2n) is 4.54. The fourth-order valence-corrected chi connectivity index (χ4v) is 3.39. The van der Waals surface area contributed by atoms with E-state index in [1.54, 1.807) is 42.5 Å². The molecule has 0 aliphatic carbocycles. The Balaban J connectivity index is 1.93. The Morgan fingerprint density at radius 2 is 2.05 bits per heavy atom. The van der Waals surface area contributed by atoms with Gasteiger partial charge in [-0.3, -0.25) is 9.69 Å². The summed E-state index contributed by atoms with van der Waals surface area (Å²) in [5, 5.41) is -0.159. The van der Waals surface area contributed by atoms with Crippen LogP contribution in [-0.4, -0.2) is 23.8 Å². The van der Waals surface area contributed by atoms with Crippen LogP contribution in [0.4, 0.5) is 10.1 Å². The predicted molar refractivity (Wildman–Crippen MR) is 79.9 cm³/mol. The molecule has 3 rings (SSSR count). The zero-order chi connectivity index (χ0) is 14.8. The number of hydrogen-bond acceptors (Lipinski definition) is 4. The first kappa shape index (κ1) is 13.9. The van der Waals surface area contributed by atoms with Gasteiger partial charge in [0.2, 0.25) is 11.8 Å². The molecule has 1 aliphatic heterocycles. The molecule has 0 spiro atoms. The molecule has 4 nitrogen and oxygen atoms in total. The van der Waals surface area contributed by atoms with Crippen molar-refractivity contribution >= 4 is 23.4 Å². The van der Waals surface area contributed by atoms with Gasteiger partial charge in [-0.05, 0) is 23.8 Å². The summed E-state index contributed by atoms with van der Waals surface area (Å²) in [7, 11) is 1.54. The Bertz CT molecular complexity index is 646. The van der Waals surface area contributed by atoms with Crippen molar-refractivity contribution in [2.75, 3.05) is 17.8 Å². The Labute approximate surface area is 125 Å².